The van der Waals surface area contributed by atoms with Crippen molar-refractivity contribution in [1.82, 2.24) is 9.97 Å². The van der Waals surface area contributed by atoms with Gasteiger partial charge in [-0.2, -0.15) is 0 Å². The van der Waals surface area contributed by atoms with Crippen LogP contribution in [0.15, 0.2) is 12.4 Å². The molecule has 0 radical (unpaired) electrons. The van der Waals surface area contributed by atoms with Gasteiger partial charge in [-0.25, -0.2) is 14.8 Å². The highest BCUT2D eigenvalue weighted by molar-refractivity contribution is 6.31. The maximum atomic E-state index is 11.5. The van der Waals surface area contributed by atoms with Crippen molar-refractivity contribution in [2.75, 3.05) is 12.4 Å². The molecular formula is C10H14ClN3O2. The Morgan fingerprint density at radius 3 is 2.56 bits per heavy atom. The van der Waals surface area contributed by atoms with Crippen LogP contribution in [0.25, 0.3) is 0 Å². The topological polar surface area (TPSA) is 64.1 Å². The summed E-state index contributed by atoms with van der Waals surface area (Å²) in [7, 11) is 1.34. The number of esters is 1. The summed E-state index contributed by atoms with van der Waals surface area (Å²) >= 11 is 5.83. The molecule has 0 spiro atoms. The first kappa shape index (κ1) is 12.7. The Labute approximate surface area is 99.2 Å². The van der Waals surface area contributed by atoms with Gasteiger partial charge in [0.05, 0.1) is 7.11 Å². The zero-order chi connectivity index (χ0) is 12.1. The lowest BCUT2D eigenvalue weighted by atomic mass is 10.1. The Bertz CT molecular complexity index is 371. The molecule has 1 aromatic heterocycles. The summed E-state index contributed by atoms with van der Waals surface area (Å²) in [5, 5.41) is 3.15. The Morgan fingerprint density at radius 2 is 2.06 bits per heavy atom. The average molecular weight is 244 g/mol. The van der Waals surface area contributed by atoms with E-state index >= 15 is 0 Å². The largest absolute Gasteiger partial charge is 0.467 e. The zero-order valence-corrected chi connectivity index (χ0v) is 10.2. The molecular weight excluding hydrogens is 230 g/mol. The second kappa shape index (κ2) is 5.65. The van der Waals surface area contributed by atoms with Crippen molar-refractivity contribution in [3.05, 3.63) is 17.5 Å². The SMILES string of the molecule is COC(=O)[C@H](Nc1nccnc1Cl)C(C)C. The highest BCUT2D eigenvalue weighted by Gasteiger charge is 2.24. The van der Waals surface area contributed by atoms with Crippen LogP contribution in [0.1, 0.15) is 13.8 Å². The van der Waals surface area contributed by atoms with Gasteiger partial charge >= 0.3 is 5.97 Å². The molecule has 0 aliphatic rings. The molecule has 0 bridgehead atoms. The molecule has 0 unspecified atom stereocenters. The first-order valence-electron chi connectivity index (χ1n) is 4.87. The summed E-state index contributed by atoms with van der Waals surface area (Å²) in [6.45, 7) is 3.80. The van der Waals surface area contributed by atoms with Crippen molar-refractivity contribution in [3.8, 4) is 0 Å². The van der Waals surface area contributed by atoms with Gasteiger partial charge in [-0.3, -0.25) is 0 Å². The number of anilines is 1. The van der Waals surface area contributed by atoms with E-state index in [2.05, 4.69) is 15.3 Å². The average Bonchev–Trinajstić information content (AvgIpc) is 2.26. The lowest BCUT2D eigenvalue weighted by molar-refractivity contribution is -0.142. The number of hydrogen-bond donors (Lipinski definition) is 1. The Hall–Kier alpha value is -1.36. The van der Waals surface area contributed by atoms with Crippen LogP contribution in [0.3, 0.4) is 0 Å². The molecule has 5 nitrogen and oxygen atoms in total. The maximum absolute atomic E-state index is 11.5. The zero-order valence-electron chi connectivity index (χ0n) is 9.40. The number of rotatable bonds is 4. The number of aromatic nitrogens is 2. The quantitative estimate of drug-likeness (QED) is 0.816. The Morgan fingerprint density at radius 1 is 1.44 bits per heavy atom. The predicted octanol–water partition coefficient (Wildman–Crippen LogP) is 1.74. The third kappa shape index (κ3) is 3.06. The summed E-state index contributed by atoms with van der Waals surface area (Å²) in [6, 6.07) is -0.487. The molecule has 16 heavy (non-hydrogen) atoms. The number of ether oxygens (including phenoxy) is 1. The van der Waals surface area contributed by atoms with E-state index in [0.717, 1.165) is 0 Å². The van der Waals surface area contributed by atoms with Crippen molar-refractivity contribution >= 4 is 23.4 Å². The van der Waals surface area contributed by atoms with Gasteiger partial charge in [-0.05, 0) is 5.92 Å². The van der Waals surface area contributed by atoms with Crippen LogP contribution in [0.2, 0.25) is 5.15 Å². The van der Waals surface area contributed by atoms with E-state index in [-0.39, 0.29) is 17.0 Å². The van der Waals surface area contributed by atoms with Gasteiger partial charge in [0.2, 0.25) is 0 Å². The molecule has 0 aliphatic carbocycles. The molecule has 0 aliphatic heterocycles. The van der Waals surface area contributed by atoms with E-state index in [9.17, 15) is 4.79 Å². The summed E-state index contributed by atoms with van der Waals surface area (Å²) in [5.41, 5.74) is 0. The number of hydrogen-bond acceptors (Lipinski definition) is 5. The monoisotopic (exact) mass is 243 g/mol. The molecule has 0 saturated heterocycles. The molecule has 0 fully saturated rings. The van der Waals surface area contributed by atoms with Gasteiger partial charge in [-0.1, -0.05) is 25.4 Å². The molecule has 0 amide bonds. The van der Waals surface area contributed by atoms with Gasteiger partial charge in [0.25, 0.3) is 0 Å². The predicted molar refractivity (Wildman–Crippen MR) is 61.3 cm³/mol. The van der Waals surface area contributed by atoms with E-state index in [0.29, 0.717) is 5.82 Å². The van der Waals surface area contributed by atoms with Crippen LogP contribution in [0.4, 0.5) is 5.82 Å². The van der Waals surface area contributed by atoms with Crippen LogP contribution >= 0.6 is 11.6 Å². The molecule has 0 aromatic carbocycles. The first-order valence-corrected chi connectivity index (χ1v) is 5.25. The van der Waals surface area contributed by atoms with Crippen LogP contribution in [-0.2, 0) is 9.53 Å². The van der Waals surface area contributed by atoms with Crippen LogP contribution in [0.5, 0.6) is 0 Å². The fraction of sp³-hybridized carbons (Fsp3) is 0.500. The van der Waals surface area contributed by atoms with Crippen LogP contribution < -0.4 is 5.32 Å². The first-order chi connectivity index (χ1) is 7.56. The smallest absolute Gasteiger partial charge is 0.328 e. The minimum Gasteiger partial charge on any atom is -0.467 e. The molecule has 1 atom stereocenters. The van der Waals surface area contributed by atoms with Crippen molar-refractivity contribution in [2.24, 2.45) is 5.92 Å². The molecule has 1 heterocycles. The van der Waals surface area contributed by atoms with Crippen molar-refractivity contribution in [1.29, 1.82) is 0 Å². The number of halogens is 1. The van der Waals surface area contributed by atoms with E-state index in [1.54, 1.807) is 0 Å². The summed E-state index contributed by atoms with van der Waals surface area (Å²) < 4.78 is 4.69. The van der Waals surface area contributed by atoms with Crippen LogP contribution in [-0.4, -0.2) is 29.1 Å². The molecule has 1 aromatic rings. The number of methoxy groups -OCH3 is 1. The maximum Gasteiger partial charge on any atom is 0.328 e. The van der Waals surface area contributed by atoms with E-state index in [4.69, 9.17) is 16.3 Å². The number of carbonyl (C=O) groups is 1. The highest BCUT2D eigenvalue weighted by atomic mass is 35.5. The van der Waals surface area contributed by atoms with Gasteiger partial charge < -0.3 is 10.1 Å². The van der Waals surface area contributed by atoms with Crippen molar-refractivity contribution in [3.63, 3.8) is 0 Å². The van der Waals surface area contributed by atoms with Gasteiger partial charge in [0.1, 0.15) is 6.04 Å². The summed E-state index contributed by atoms with van der Waals surface area (Å²) in [6.07, 6.45) is 2.99. The lowest BCUT2D eigenvalue weighted by Gasteiger charge is -2.20. The second-order valence-electron chi connectivity index (χ2n) is 3.58. The highest BCUT2D eigenvalue weighted by Crippen LogP contribution is 2.18. The van der Waals surface area contributed by atoms with Crippen LogP contribution in [0, 0.1) is 5.92 Å². The van der Waals surface area contributed by atoms with E-state index in [1.807, 2.05) is 13.8 Å². The molecule has 1 rings (SSSR count). The van der Waals surface area contributed by atoms with Crippen molar-refractivity contribution < 1.29 is 9.53 Å². The minimum absolute atomic E-state index is 0.0607. The lowest BCUT2D eigenvalue weighted by Crippen LogP contribution is -2.35. The second-order valence-corrected chi connectivity index (χ2v) is 3.94. The van der Waals surface area contributed by atoms with E-state index < -0.39 is 6.04 Å². The third-order valence-corrected chi connectivity index (χ3v) is 2.34. The molecule has 6 heteroatoms. The normalized spacial score (nSPS) is 12.3. The van der Waals surface area contributed by atoms with E-state index in [1.165, 1.54) is 19.5 Å². The fourth-order valence-corrected chi connectivity index (χ4v) is 1.35. The number of nitrogens with zero attached hydrogens (tertiary/aromatic N) is 2. The summed E-state index contributed by atoms with van der Waals surface area (Å²) in [5.74, 6) is 0.0931. The Kier molecular flexibility index (Phi) is 4.49. The molecule has 1 N–H and O–H groups in total. The van der Waals surface area contributed by atoms with Gasteiger partial charge in [0.15, 0.2) is 11.0 Å². The Balaban J connectivity index is 2.84. The molecule has 0 saturated carbocycles. The van der Waals surface area contributed by atoms with Gasteiger partial charge in [-0.15, -0.1) is 0 Å². The number of carbonyl (C=O) groups excluding carboxylic acids is 1. The number of nitrogens with one attached hydrogen (secondary N) is 1. The summed E-state index contributed by atoms with van der Waals surface area (Å²) in [4.78, 5) is 19.4. The van der Waals surface area contributed by atoms with Crippen molar-refractivity contribution in [2.45, 2.75) is 19.9 Å². The molecule has 88 valence electrons. The standard InChI is InChI=1S/C10H14ClN3O2/c1-6(2)7(10(15)16-3)14-9-8(11)12-4-5-13-9/h4-7H,1-3H3,(H,13,14)/t7-/m1/s1. The van der Waals surface area contributed by atoms with Gasteiger partial charge in [0, 0.05) is 12.4 Å². The third-order valence-electron chi connectivity index (χ3n) is 2.07. The minimum atomic E-state index is -0.487. The fourth-order valence-electron chi connectivity index (χ4n) is 1.19.